The topological polar surface area (TPSA) is 35.5 Å². The maximum Gasteiger partial charge on any atom is 0.311 e. The van der Waals surface area contributed by atoms with Crippen LogP contribution in [0.1, 0.15) is 40.0 Å². The highest BCUT2D eigenvalue weighted by Crippen LogP contribution is 2.40. The lowest BCUT2D eigenvalue weighted by molar-refractivity contribution is -0.147. The molecule has 0 radical (unpaired) electrons. The predicted octanol–water partition coefficient (Wildman–Crippen LogP) is 3.35. The zero-order valence-corrected chi connectivity index (χ0v) is 13.0. The van der Waals surface area contributed by atoms with Gasteiger partial charge in [0.25, 0.3) is 0 Å². The Hall–Kier alpha value is -0.353. The van der Waals surface area contributed by atoms with E-state index in [1.807, 2.05) is 0 Å². The molecule has 0 saturated heterocycles. The average Bonchev–Trinajstić information content (AvgIpc) is 2.62. The van der Waals surface area contributed by atoms with Crippen molar-refractivity contribution in [2.24, 2.45) is 5.92 Å². The van der Waals surface area contributed by atoms with Crippen LogP contribution < -0.4 is 0 Å². The molecule has 0 heterocycles. The van der Waals surface area contributed by atoms with Gasteiger partial charge in [-0.2, -0.15) is 0 Å². The lowest BCUT2D eigenvalue weighted by Gasteiger charge is -2.39. The summed E-state index contributed by atoms with van der Waals surface area (Å²) in [4.78, 5) is 11.7. The Morgan fingerprint density at radius 1 is 1.24 bits per heavy atom. The Morgan fingerprint density at radius 2 is 1.82 bits per heavy atom. The van der Waals surface area contributed by atoms with Gasteiger partial charge in [-0.25, -0.2) is 0 Å². The quantitative estimate of drug-likeness (QED) is 0.575. The van der Waals surface area contributed by atoms with Crippen LogP contribution in [0.2, 0.25) is 18.1 Å². The van der Waals surface area contributed by atoms with Crippen molar-refractivity contribution in [3.05, 3.63) is 0 Å². The maximum atomic E-state index is 11.7. The second-order valence-electron chi connectivity index (χ2n) is 6.48. The van der Waals surface area contributed by atoms with E-state index in [-0.39, 0.29) is 23.0 Å². The summed E-state index contributed by atoms with van der Waals surface area (Å²) in [6.07, 6.45) is 3.04. The van der Waals surface area contributed by atoms with Crippen LogP contribution in [0.4, 0.5) is 0 Å². The van der Waals surface area contributed by atoms with Crippen molar-refractivity contribution >= 4 is 14.3 Å². The normalized spacial score (nSPS) is 26.0. The molecule has 1 aliphatic rings. The van der Waals surface area contributed by atoms with E-state index < -0.39 is 8.32 Å². The molecule has 0 aromatic heterocycles. The Morgan fingerprint density at radius 3 is 2.29 bits per heavy atom. The van der Waals surface area contributed by atoms with Gasteiger partial charge in [-0.1, -0.05) is 20.8 Å². The second kappa shape index (κ2) is 5.10. The second-order valence-corrected chi connectivity index (χ2v) is 11.2. The molecule has 1 fully saturated rings. The zero-order chi connectivity index (χ0) is 13.3. The van der Waals surface area contributed by atoms with Crippen LogP contribution in [0, 0.1) is 5.92 Å². The van der Waals surface area contributed by atoms with Crippen molar-refractivity contribution in [1.29, 1.82) is 0 Å². The van der Waals surface area contributed by atoms with E-state index in [1.54, 1.807) is 0 Å². The van der Waals surface area contributed by atoms with Crippen LogP contribution >= 0.6 is 0 Å². The predicted molar refractivity (Wildman–Crippen MR) is 71.4 cm³/mol. The van der Waals surface area contributed by atoms with Gasteiger partial charge in [0, 0.05) is 0 Å². The van der Waals surface area contributed by atoms with Crippen LogP contribution in [0.25, 0.3) is 0 Å². The van der Waals surface area contributed by atoms with Gasteiger partial charge in [0.2, 0.25) is 0 Å². The largest absolute Gasteiger partial charge is 0.469 e. The molecule has 0 amide bonds. The first-order valence-electron chi connectivity index (χ1n) is 6.44. The highest BCUT2D eigenvalue weighted by Gasteiger charge is 2.43. The van der Waals surface area contributed by atoms with Gasteiger partial charge >= 0.3 is 5.97 Å². The SMILES string of the molecule is COC(=O)C1CCCC1O[Si](C)(C)C(C)(C)C. The minimum absolute atomic E-state index is 0.0471. The molecule has 0 aromatic rings. The van der Waals surface area contributed by atoms with Crippen molar-refractivity contribution in [3.63, 3.8) is 0 Å². The third-order valence-electron chi connectivity index (χ3n) is 4.21. The van der Waals surface area contributed by atoms with Crippen molar-refractivity contribution in [2.45, 2.75) is 64.3 Å². The lowest BCUT2D eigenvalue weighted by Crippen LogP contribution is -2.45. The minimum atomic E-state index is -1.78. The summed E-state index contributed by atoms with van der Waals surface area (Å²) in [5, 5.41) is 0.191. The smallest absolute Gasteiger partial charge is 0.311 e. The number of rotatable bonds is 3. The van der Waals surface area contributed by atoms with Crippen molar-refractivity contribution in [3.8, 4) is 0 Å². The summed E-state index contributed by atoms with van der Waals surface area (Å²) in [5.74, 6) is -0.152. The van der Waals surface area contributed by atoms with E-state index in [2.05, 4.69) is 33.9 Å². The van der Waals surface area contributed by atoms with E-state index in [9.17, 15) is 4.79 Å². The molecule has 17 heavy (non-hydrogen) atoms. The van der Waals surface area contributed by atoms with Crippen LogP contribution in [-0.2, 0) is 14.0 Å². The summed E-state index contributed by atoms with van der Waals surface area (Å²) in [5.41, 5.74) is 0. The third-order valence-corrected chi connectivity index (χ3v) is 8.71. The Kier molecular flexibility index (Phi) is 4.41. The number of carbonyl (C=O) groups is 1. The molecule has 1 rings (SSSR count). The van der Waals surface area contributed by atoms with E-state index in [0.717, 1.165) is 19.3 Å². The summed E-state index contributed by atoms with van der Waals surface area (Å²) in [6, 6.07) is 0. The summed E-state index contributed by atoms with van der Waals surface area (Å²) < 4.78 is 11.2. The van der Waals surface area contributed by atoms with Crippen molar-refractivity contribution in [1.82, 2.24) is 0 Å². The molecular formula is C13H26O3Si. The number of esters is 1. The number of carbonyl (C=O) groups excluding carboxylic acids is 1. The summed E-state index contributed by atoms with van der Waals surface area (Å²) in [6.45, 7) is 11.1. The first-order chi connectivity index (χ1) is 7.69. The first kappa shape index (κ1) is 14.7. The number of hydrogen-bond donors (Lipinski definition) is 0. The molecule has 1 aliphatic carbocycles. The summed E-state index contributed by atoms with van der Waals surface area (Å²) in [7, 11) is -0.316. The average molecular weight is 258 g/mol. The number of ether oxygens (including phenoxy) is 1. The van der Waals surface area contributed by atoms with Crippen LogP contribution in [0.3, 0.4) is 0 Å². The van der Waals surface area contributed by atoms with E-state index in [1.165, 1.54) is 7.11 Å². The van der Waals surface area contributed by atoms with Gasteiger partial charge in [0.15, 0.2) is 8.32 Å². The van der Waals surface area contributed by atoms with Crippen LogP contribution in [-0.4, -0.2) is 27.5 Å². The van der Waals surface area contributed by atoms with E-state index >= 15 is 0 Å². The molecular weight excluding hydrogens is 232 g/mol. The minimum Gasteiger partial charge on any atom is -0.469 e. The highest BCUT2D eigenvalue weighted by atomic mass is 28.4. The molecule has 0 spiro atoms. The van der Waals surface area contributed by atoms with E-state index in [4.69, 9.17) is 9.16 Å². The molecule has 1 saturated carbocycles. The molecule has 2 unspecified atom stereocenters. The number of methoxy groups -OCH3 is 1. The molecule has 0 bridgehead atoms. The Bertz CT molecular complexity index is 281. The molecule has 4 heteroatoms. The fourth-order valence-corrected chi connectivity index (χ4v) is 3.44. The first-order valence-corrected chi connectivity index (χ1v) is 9.35. The van der Waals surface area contributed by atoms with Gasteiger partial charge in [-0.3, -0.25) is 4.79 Å². The van der Waals surface area contributed by atoms with Crippen molar-refractivity contribution < 1.29 is 14.0 Å². The van der Waals surface area contributed by atoms with Gasteiger partial charge in [0.1, 0.15) is 0 Å². The monoisotopic (exact) mass is 258 g/mol. The lowest BCUT2D eigenvalue weighted by atomic mass is 10.1. The van der Waals surface area contributed by atoms with Gasteiger partial charge in [0.05, 0.1) is 19.1 Å². The molecule has 100 valence electrons. The molecule has 0 aromatic carbocycles. The molecule has 3 nitrogen and oxygen atoms in total. The van der Waals surface area contributed by atoms with E-state index in [0.29, 0.717) is 0 Å². The van der Waals surface area contributed by atoms with Gasteiger partial charge in [-0.15, -0.1) is 0 Å². The summed E-state index contributed by atoms with van der Waals surface area (Å²) >= 11 is 0. The van der Waals surface area contributed by atoms with Crippen LogP contribution in [0.5, 0.6) is 0 Å². The fraction of sp³-hybridized carbons (Fsp3) is 0.923. The van der Waals surface area contributed by atoms with Crippen molar-refractivity contribution in [2.75, 3.05) is 7.11 Å². The standard InChI is InChI=1S/C13H26O3Si/c1-13(2,3)17(5,6)16-11-9-7-8-10(11)12(14)15-4/h10-11H,7-9H2,1-6H3. The Balaban J connectivity index is 2.71. The molecule has 2 atom stereocenters. The molecule has 0 N–H and O–H groups in total. The maximum absolute atomic E-state index is 11.7. The number of hydrogen-bond acceptors (Lipinski definition) is 3. The Labute approximate surface area is 106 Å². The zero-order valence-electron chi connectivity index (χ0n) is 12.0. The van der Waals surface area contributed by atoms with Gasteiger partial charge in [-0.05, 0) is 37.4 Å². The molecule has 0 aliphatic heterocycles. The third kappa shape index (κ3) is 3.32. The fourth-order valence-electron chi connectivity index (χ4n) is 2.04. The van der Waals surface area contributed by atoms with Gasteiger partial charge < -0.3 is 9.16 Å². The van der Waals surface area contributed by atoms with Crippen LogP contribution in [0.15, 0.2) is 0 Å². The highest BCUT2D eigenvalue weighted by molar-refractivity contribution is 6.74.